The van der Waals surface area contributed by atoms with Gasteiger partial charge in [-0.15, -0.1) is 0 Å². The highest BCUT2D eigenvalue weighted by Crippen LogP contribution is 2.16. The highest BCUT2D eigenvalue weighted by molar-refractivity contribution is 6.73. The van der Waals surface area contributed by atoms with E-state index < -0.39 is 28.9 Å². The standard InChI is InChI=1S/C6H3BF4NO2/c8-6-3-4(12(13)14)1-2-5(6)7(9,10)11/h1-3H/q-1. The molecule has 0 spiro atoms. The SMILES string of the molecule is O=[N+]([O-])c1ccc([B-](F)(F)F)c(F)c1. The Morgan fingerprint density at radius 2 is 1.86 bits per heavy atom. The van der Waals surface area contributed by atoms with E-state index in [-0.39, 0.29) is 6.07 Å². The van der Waals surface area contributed by atoms with Gasteiger partial charge in [0.1, 0.15) is 5.82 Å². The maximum atomic E-state index is 12.7. The first-order valence-electron chi connectivity index (χ1n) is 3.46. The number of nitrogens with zero attached hydrogens (tertiary/aromatic N) is 1. The van der Waals surface area contributed by atoms with E-state index in [4.69, 9.17) is 0 Å². The Kier molecular flexibility index (Phi) is 2.46. The normalized spacial score (nSPS) is 11.4. The van der Waals surface area contributed by atoms with Crippen LogP contribution in [-0.4, -0.2) is 11.9 Å². The van der Waals surface area contributed by atoms with Gasteiger partial charge in [-0.3, -0.25) is 10.1 Å². The minimum Gasteiger partial charge on any atom is -0.445 e. The lowest BCUT2D eigenvalue weighted by Gasteiger charge is -2.14. The van der Waals surface area contributed by atoms with Gasteiger partial charge in [0, 0.05) is 12.1 Å². The van der Waals surface area contributed by atoms with E-state index in [2.05, 4.69) is 0 Å². The highest BCUT2D eigenvalue weighted by atomic mass is 19.4. The van der Waals surface area contributed by atoms with Crippen LogP contribution in [0.2, 0.25) is 0 Å². The fourth-order valence-corrected chi connectivity index (χ4v) is 0.895. The largest absolute Gasteiger partial charge is 0.512 e. The molecule has 0 saturated carbocycles. The van der Waals surface area contributed by atoms with Crippen LogP contribution in [0.5, 0.6) is 0 Å². The van der Waals surface area contributed by atoms with Crippen LogP contribution in [-0.2, 0) is 0 Å². The predicted octanol–water partition coefficient (Wildman–Crippen LogP) is 1.79. The molecule has 3 nitrogen and oxygen atoms in total. The molecule has 0 amide bonds. The van der Waals surface area contributed by atoms with Crippen LogP contribution in [0.15, 0.2) is 18.2 Å². The van der Waals surface area contributed by atoms with E-state index in [1.54, 1.807) is 0 Å². The molecule has 0 aliphatic heterocycles. The summed E-state index contributed by atoms with van der Waals surface area (Å²) in [4.78, 5) is 9.11. The van der Waals surface area contributed by atoms with Gasteiger partial charge >= 0.3 is 6.98 Å². The third-order valence-electron chi connectivity index (χ3n) is 1.55. The van der Waals surface area contributed by atoms with E-state index >= 15 is 0 Å². The summed E-state index contributed by atoms with van der Waals surface area (Å²) in [6.45, 7) is -5.46. The minimum atomic E-state index is -5.46. The molecule has 0 aromatic heterocycles. The average molecular weight is 208 g/mol. The second kappa shape index (κ2) is 3.28. The van der Waals surface area contributed by atoms with Crippen LogP contribution in [0.3, 0.4) is 0 Å². The molecule has 0 aliphatic rings. The van der Waals surface area contributed by atoms with Crippen molar-refractivity contribution < 1.29 is 22.3 Å². The molecule has 0 N–H and O–H groups in total. The summed E-state index contributed by atoms with van der Waals surface area (Å²) in [5.74, 6) is -1.62. The molecule has 1 rings (SSSR count). The lowest BCUT2D eigenvalue weighted by Crippen LogP contribution is -2.36. The zero-order valence-electron chi connectivity index (χ0n) is 6.58. The number of rotatable bonds is 2. The summed E-state index contributed by atoms with van der Waals surface area (Å²) in [5.41, 5.74) is -2.15. The Hall–Kier alpha value is -1.60. The van der Waals surface area contributed by atoms with Crippen LogP contribution in [0.1, 0.15) is 0 Å². The van der Waals surface area contributed by atoms with Crippen LogP contribution < -0.4 is 5.46 Å². The summed E-state index contributed by atoms with van der Waals surface area (Å²) in [5, 5.41) is 10.1. The number of benzene rings is 1. The van der Waals surface area contributed by atoms with Gasteiger partial charge in [-0.2, -0.15) is 0 Å². The first-order chi connectivity index (χ1) is 6.32. The Morgan fingerprint density at radius 3 is 2.21 bits per heavy atom. The number of nitro groups is 1. The second-order valence-corrected chi connectivity index (χ2v) is 2.54. The molecule has 0 atom stereocenters. The monoisotopic (exact) mass is 208 g/mol. The number of nitro benzene ring substituents is 1. The Balaban J connectivity index is 3.21. The summed E-state index contributed by atoms with van der Waals surface area (Å²) < 4.78 is 48.8. The summed E-state index contributed by atoms with van der Waals surface area (Å²) in [6.07, 6.45) is 0. The zero-order valence-corrected chi connectivity index (χ0v) is 6.58. The fraction of sp³-hybridized carbons (Fsp3) is 0. The first kappa shape index (κ1) is 10.5. The summed E-state index contributed by atoms with van der Waals surface area (Å²) >= 11 is 0. The average Bonchev–Trinajstić information content (AvgIpc) is 2.01. The van der Waals surface area contributed by atoms with E-state index in [1.165, 1.54) is 0 Å². The molecule has 0 unspecified atom stereocenters. The number of halogens is 4. The van der Waals surface area contributed by atoms with E-state index in [0.29, 0.717) is 12.1 Å². The molecule has 1 aromatic rings. The van der Waals surface area contributed by atoms with Crippen molar-refractivity contribution in [3.8, 4) is 0 Å². The van der Waals surface area contributed by atoms with Crippen molar-refractivity contribution >= 4 is 18.1 Å². The molecule has 0 aliphatic carbocycles. The van der Waals surface area contributed by atoms with Gasteiger partial charge < -0.3 is 12.9 Å². The van der Waals surface area contributed by atoms with Crippen molar-refractivity contribution in [2.24, 2.45) is 0 Å². The summed E-state index contributed by atoms with van der Waals surface area (Å²) in [6, 6.07) is 1.24. The molecular formula is C6H3BF4NO2-. The summed E-state index contributed by atoms with van der Waals surface area (Å²) in [7, 11) is 0. The van der Waals surface area contributed by atoms with E-state index in [9.17, 15) is 27.5 Å². The van der Waals surface area contributed by atoms with Crippen LogP contribution >= 0.6 is 0 Å². The molecular weight excluding hydrogens is 205 g/mol. The first-order valence-corrected chi connectivity index (χ1v) is 3.46. The third-order valence-corrected chi connectivity index (χ3v) is 1.55. The molecule has 0 saturated heterocycles. The van der Waals surface area contributed by atoms with E-state index in [0.717, 1.165) is 0 Å². The molecule has 76 valence electrons. The molecule has 0 fully saturated rings. The van der Waals surface area contributed by atoms with Crippen LogP contribution in [0, 0.1) is 15.9 Å². The second-order valence-electron chi connectivity index (χ2n) is 2.54. The molecule has 0 heterocycles. The molecule has 0 bridgehead atoms. The maximum Gasteiger partial charge on any atom is 0.512 e. The number of non-ortho nitro benzene ring substituents is 1. The van der Waals surface area contributed by atoms with Crippen molar-refractivity contribution in [1.82, 2.24) is 0 Å². The van der Waals surface area contributed by atoms with Gasteiger partial charge in [-0.05, 0) is 0 Å². The van der Waals surface area contributed by atoms with Crippen molar-refractivity contribution in [3.63, 3.8) is 0 Å². The number of hydrogen-bond donors (Lipinski definition) is 0. The molecule has 0 radical (unpaired) electrons. The Bertz CT molecular complexity index is 379. The number of hydrogen-bond acceptors (Lipinski definition) is 2. The zero-order chi connectivity index (χ0) is 10.9. The quantitative estimate of drug-likeness (QED) is 0.321. The lowest BCUT2D eigenvalue weighted by atomic mass is 9.79. The molecule has 8 heteroatoms. The van der Waals surface area contributed by atoms with Crippen molar-refractivity contribution in [2.45, 2.75) is 0 Å². The van der Waals surface area contributed by atoms with Gasteiger partial charge in [-0.25, -0.2) is 4.39 Å². The molecule has 14 heavy (non-hydrogen) atoms. The van der Waals surface area contributed by atoms with Gasteiger partial charge in [0.25, 0.3) is 5.69 Å². The van der Waals surface area contributed by atoms with Crippen molar-refractivity contribution in [1.29, 1.82) is 0 Å². The topological polar surface area (TPSA) is 43.1 Å². The maximum absolute atomic E-state index is 12.7. The predicted molar refractivity (Wildman–Crippen MR) is 41.8 cm³/mol. The van der Waals surface area contributed by atoms with Crippen LogP contribution in [0.4, 0.5) is 23.0 Å². The Morgan fingerprint density at radius 1 is 1.29 bits per heavy atom. The lowest BCUT2D eigenvalue weighted by molar-refractivity contribution is -0.385. The minimum absolute atomic E-state index is 0.255. The van der Waals surface area contributed by atoms with E-state index in [1.807, 2.05) is 0 Å². The van der Waals surface area contributed by atoms with Crippen molar-refractivity contribution in [2.75, 3.05) is 0 Å². The third kappa shape index (κ3) is 2.01. The van der Waals surface area contributed by atoms with Gasteiger partial charge in [-0.1, -0.05) is 11.5 Å². The molecule has 1 aromatic carbocycles. The highest BCUT2D eigenvalue weighted by Gasteiger charge is 2.29. The van der Waals surface area contributed by atoms with Crippen molar-refractivity contribution in [3.05, 3.63) is 34.1 Å². The van der Waals surface area contributed by atoms with Gasteiger partial charge in [0.05, 0.1) is 4.92 Å². The fourth-order valence-electron chi connectivity index (χ4n) is 0.895. The smallest absolute Gasteiger partial charge is 0.445 e. The van der Waals surface area contributed by atoms with Gasteiger partial charge in [0.15, 0.2) is 0 Å². The Labute approximate surface area is 75.6 Å². The van der Waals surface area contributed by atoms with Crippen LogP contribution in [0.25, 0.3) is 0 Å². The van der Waals surface area contributed by atoms with Gasteiger partial charge in [0.2, 0.25) is 0 Å².